The summed E-state index contributed by atoms with van der Waals surface area (Å²) in [4.78, 5) is 0. The first-order valence-corrected chi connectivity index (χ1v) is 4.45. The third kappa shape index (κ3) is 2.19. The number of piperidine rings is 1. The van der Waals surface area contributed by atoms with Crippen LogP contribution < -0.4 is 5.32 Å². The van der Waals surface area contributed by atoms with Gasteiger partial charge in [-0.3, -0.25) is 0 Å². The molecule has 1 rings (SSSR count). The molecule has 3 nitrogen and oxygen atoms in total. The Morgan fingerprint density at radius 2 is 1.92 bits per heavy atom. The van der Waals surface area contributed by atoms with Gasteiger partial charge in [0.2, 0.25) is 0 Å². The molecular formula is C9H19NO2. The Morgan fingerprint density at radius 3 is 2.33 bits per heavy atom. The van der Waals surface area contributed by atoms with E-state index < -0.39 is 0 Å². The second kappa shape index (κ2) is 2.98. The lowest BCUT2D eigenvalue weighted by atomic mass is 9.80. The van der Waals surface area contributed by atoms with Crippen LogP contribution in [0.3, 0.4) is 0 Å². The normalized spacial score (nSPS) is 41.2. The summed E-state index contributed by atoms with van der Waals surface area (Å²) in [5, 5.41) is 22.0. The topological polar surface area (TPSA) is 52.5 Å². The zero-order valence-electron chi connectivity index (χ0n) is 8.09. The lowest BCUT2D eigenvalue weighted by Crippen LogP contribution is -2.62. The van der Waals surface area contributed by atoms with Gasteiger partial charge in [0.05, 0.1) is 12.7 Å². The number of aliphatic hydroxyl groups excluding tert-OH is 2. The second-order valence-corrected chi connectivity index (χ2v) is 4.79. The van der Waals surface area contributed by atoms with E-state index in [-0.39, 0.29) is 23.8 Å². The molecule has 1 aliphatic rings. The highest BCUT2D eigenvalue weighted by Crippen LogP contribution is 2.28. The van der Waals surface area contributed by atoms with E-state index in [1.807, 2.05) is 20.8 Å². The first-order chi connectivity index (χ1) is 5.37. The predicted octanol–water partition coefficient (Wildman–Crippen LogP) is 0.260. The van der Waals surface area contributed by atoms with E-state index in [4.69, 9.17) is 5.11 Å². The van der Waals surface area contributed by atoms with Crippen molar-refractivity contribution in [2.24, 2.45) is 0 Å². The van der Waals surface area contributed by atoms with E-state index in [0.29, 0.717) is 6.42 Å². The number of nitrogens with one attached hydrogen (secondary N) is 1. The minimum absolute atomic E-state index is 0.0743. The largest absolute Gasteiger partial charge is 0.394 e. The SMILES string of the molecule is CC1(C)CC(O)CC(C)(CO)N1. The minimum atomic E-state index is -0.318. The van der Waals surface area contributed by atoms with E-state index in [1.54, 1.807) is 0 Å². The van der Waals surface area contributed by atoms with Crippen LogP contribution in [0, 0.1) is 0 Å². The van der Waals surface area contributed by atoms with E-state index in [0.717, 1.165) is 6.42 Å². The first kappa shape index (κ1) is 9.96. The molecule has 0 saturated carbocycles. The Labute approximate surface area is 73.8 Å². The molecule has 1 saturated heterocycles. The van der Waals surface area contributed by atoms with Gasteiger partial charge in [0.25, 0.3) is 0 Å². The average Bonchev–Trinajstić information content (AvgIpc) is 1.82. The molecule has 3 N–H and O–H groups in total. The molecule has 0 amide bonds. The molecule has 2 unspecified atom stereocenters. The van der Waals surface area contributed by atoms with E-state index in [2.05, 4.69) is 5.32 Å². The Kier molecular flexibility index (Phi) is 2.47. The number of hydrogen-bond donors (Lipinski definition) is 3. The molecule has 1 fully saturated rings. The molecular weight excluding hydrogens is 154 g/mol. The fourth-order valence-electron chi connectivity index (χ4n) is 2.20. The van der Waals surface area contributed by atoms with Crippen molar-refractivity contribution in [3.63, 3.8) is 0 Å². The van der Waals surface area contributed by atoms with Crippen molar-refractivity contribution >= 4 is 0 Å². The van der Waals surface area contributed by atoms with E-state index in [1.165, 1.54) is 0 Å². The second-order valence-electron chi connectivity index (χ2n) is 4.79. The van der Waals surface area contributed by atoms with Crippen LogP contribution in [0.4, 0.5) is 0 Å². The summed E-state index contributed by atoms with van der Waals surface area (Å²) in [6.07, 6.45) is 1.09. The van der Waals surface area contributed by atoms with Crippen molar-refractivity contribution in [1.29, 1.82) is 0 Å². The van der Waals surface area contributed by atoms with Gasteiger partial charge in [-0.05, 0) is 33.6 Å². The molecule has 2 atom stereocenters. The molecule has 1 heterocycles. The van der Waals surface area contributed by atoms with Gasteiger partial charge < -0.3 is 15.5 Å². The quantitative estimate of drug-likeness (QED) is 0.533. The molecule has 72 valence electrons. The van der Waals surface area contributed by atoms with Crippen LogP contribution in [0.15, 0.2) is 0 Å². The summed E-state index contributed by atoms with van der Waals surface area (Å²) in [6, 6.07) is 0. The molecule has 1 aliphatic heterocycles. The van der Waals surface area contributed by atoms with Crippen molar-refractivity contribution in [1.82, 2.24) is 5.32 Å². The maximum atomic E-state index is 9.56. The van der Waals surface area contributed by atoms with Crippen LogP contribution >= 0.6 is 0 Å². The zero-order valence-corrected chi connectivity index (χ0v) is 8.09. The Balaban J connectivity index is 2.70. The summed E-state index contributed by atoms with van der Waals surface area (Å²) in [5.74, 6) is 0. The summed E-state index contributed by atoms with van der Waals surface area (Å²) in [7, 11) is 0. The highest BCUT2D eigenvalue weighted by molar-refractivity contribution is 4.99. The van der Waals surface area contributed by atoms with E-state index in [9.17, 15) is 5.11 Å². The van der Waals surface area contributed by atoms with Crippen LogP contribution in [0.5, 0.6) is 0 Å². The first-order valence-electron chi connectivity index (χ1n) is 4.45. The molecule has 12 heavy (non-hydrogen) atoms. The van der Waals surface area contributed by atoms with Gasteiger partial charge in [-0.25, -0.2) is 0 Å². The van der Waals surface area contributed by atoms with Crippen LogP contribution in [0.1, 0.15) is 33.6 Å². The van der Waals surface area contributed by atoms with Gasteiger partial charge in [0, 0.05) is 11.1 Å². The lowest BCUT2D eigenvalue weighted by molar-refractivity contribution is 0.00824. The molecule has 0 aromatic rings. The lowest BCUT2D eigenvalue weighted by Gasteiger charge is -2.45. The van der Waals surface area contributed by atoms with Crippen LogP contribution in [-0.2, 0) is 0 Å². The van der Waals surface area contributed by atoms with Gasteiger partial charge in [-0.2, -0.15) is 0 Å². The van der Waals surface area contributed by atoms with Gasteiger partial charge >= 0.3 is 0 Å². The highest BCUT2D eigenvalue weighted by atomic mass is 16.3. The van der Waals surface area contributed by atoms with E-state index >= 15 is 0 Å². The summed E-state index contributed by atoms with van der Waals surface area (Å²) < 4.78 is 0. The summed E-state index contributed by atoms with van der Waals surface area (Å²) >= 11 is 0. The smallest absolute Gasteiger partial charge is 0.0611 e. The van der Waals surface area contributed by atoms with Crippen molar-refractivity contribution in [2.45, 2.75) is 50.8 Å². The van der Waals surface area contributed by atoms with Crippen LogP contribution in [-0.4, -0.2) is 34.0 Å². The summed E-state index contributed by atoms with van der Waals surface area (Å²) in [5.41, 5.74) is -0.393. The van der Waals surface area contributed by atoms with Crippen molar-refractivity contribution in [3.05, 3.63) is 0 Å². The maximum absolute atomic E-state index is 9.56. The predicted molar refractivity (Wildman–Crippen MR) is 47.9 cm³/mol. The number of rotatable bonds is 1. The monoisotopic (exact) mass is 173 g/mol. The Bertz CT molecular complexity index is 170. The van der Waals surface area contributed by atoms with Gasteiger partial charge in [-0.15, -0.1) is 0 Å². The van der Waals surface area contributed by atoms with Crippen LogP contribution in [0.2, 0.25) is 0 Å². The maximum Gasteiger partial charge on any atom is 0.0611 e. The molecule has 0 bridgehead atoms. The number of hydrogen-bond acceptors (Lipinski definition) is 3. The van der Waals surface area contributed by atoms with Crippen molar-refractivity contribution in [3.8, 4) is 0 Å². The highest BCUT2D eigenvalue weighted by Gasteiger charge is 2.39. The molecule has 0 aromatic heterocycles. The Morgan fingerprint density at radius 1 is 1.33 bits per heavy atom. The van der Waals surface area contributed by atoms with Crippen LogP contribution in [0.25, 0.3) is 0 Å². The molecule has 0 spiro atoms. The zero-order chi connectivity index (χ0) is 9.41. The van der Waals surface area contributed by atoms with Crippen molar-refractivity contribution in [2.75, 3.05) is 6.61 Å². The van der Waals surface area contributed by atoms with Gasteiger partial charge in [0.1, 0.15) is 0 Å². The van der Waals surface area contributed by atoms with Crippen molar-refractivity contribution < 1.29 is 10.2 Å². The third-order valence-electron chi connectivity index (χ3n) is 2.42. The number of aliphatic hydroxyl groups is 2. The Hall–Kier alpha value is -0.120. The molecule has 0 aromatic carbocycles. The molecule has 0 radical (unpaired) electrons. The van der Waals surface area contributed by atoms with Gasteiger partial charge in [-0.1, -0.05) is 0 Å². The summed E-state index contributed by atoms with van der Waals surface area (Å²) in [6.45, 7) is 6.11. The average molecular weight is 173 g/mol. The minimum Gasteiger partial charge on any atom is -0.394 e. The fraction of sp³-hybridized carbons (Fsp3) is 1.00. The molecule has 3 heteroatoms. The fourth-order valence-corrected chi connectivity index (χ4v) is 2.20. The molecule has 0 aliphatic carbocycles. The third-order valence-corrected chi connectivity index (χ3v) is 2.42. The standard InChI is InChI=1S/C9H19NO2/c1-8(2)4-7(12)5-9(3,6-11)10-8/h7,10-12H,4-6H2,1-3H3. The van der Waals surface area contributed by atoms with Gasteiger partial charge in [0.15, 0.2) is 0 Å².